The molecule has 0 saturated heterocycles. The van der Waals surface area contributed by atoms with Gasteiger partial charge in [-0.25, -0.2) is 4.98 Å². The van der Waals surface area contributed by atoms with E-state index >= 15 is 0 Å². The molecule has 1 amide bonds. The Morgan fingerprint density at radius 1 is 1.42 bits per heavy atom. The highest BCUT2D eigenvalue weighted by Crippen LogP contribution is 2.19. The van der Waals surface area contributed by atoms with Crippen LogP contribution in [0.2, 0.25) is 0 Å². The van der Waals surface area contributed by atoms with Crippen LogP contribution in [0.5, 0.6) is 0 Å². The number of aryl methyl sites for hydroxylation is 1. The van der Waals surface area contributed by atoms with Crippen molar-refractivity contribution in [3.63, 3.8) is 0 Å². The second kappa shape index (κ2) is 5.03. The van der Waals surface area contributed by atoms with Crippen LogP contribution in [0.25, 0.3) is 11.1 Å². The molecule has 1 aromatic carbocycles. The van der Waals surface area contributed by atoms with Gasteiger partial charge < -0.3 is 9.73 Å². The molecule has 2 aromatic rings. The van der Waals surface area contributed by atoms with Crippen LogP contribution < -0.4 is 5.32 Å². The summed E-state index contributed by atoms with van der Waals surface area (Å²) < 4.78 is 5.42. The molecule has 1 aliphatic rings. The molecule has 4 nitrogen and oxygen atoms in total. The number of aromatic nitrogens is 1. The third-order valence-electron chi connectivity index (χ3n) is 3.64. The van der Waals surface area contributed by atoms with Crippen molar-refractivity contribution < 1.29 is 9.21 Å². The first-order valence-corrected chi connectivity index (χ1v) is 6.86. The molecule has 1 heterocycles. The number of carbonyl (C=O) groups excluding carboxylic acids is 1. The zero-order chi connectivity index (χ0) is 13.2. The number of fused-ring (bicyclic) bond motifs is 1. The summed E-state index contributed by atoms with van der Waals surface area (Å²) in [5.74, 6) is 0.758. The van der Waals surface area contributed by atoms with Crippen molar-refractivity contribution in [2.75, 3.05) is 0 Å². The maximum Gasteiger partial charge on any atom is 0.224 e. The molecule has 0 aliphatic heterocycles. The minimum absolute atomic E-state index is 0.103. The molecule has 3 rings (SSSR count). The van der Waals surface area contributed by atoms with E-state index in [0.29, 0.717) is 18.4 Å². The summed E-state index contributed by atoms with van der Waals surface area (Å²) in [6.45, 7) is 1.83. The molecule has 1 saturated carbocycles. The van der Waals surface area contributed by atoms with Crippen LogP contribution >= 0.6 is 0 Å². The fraction of sp³-hybridized carbons (Fsp3) is 0.467. The van der Waals surface area contributed by atoms with E-state index in [0.717, 1.165) is 29.5 Å². The highest BCUT2D eigenvalue weighted by molar-refractivity contribution is 5.81. The van der Waals surface area contributed by atoms with E-state index in [2.05, 4.69) is 10.3 Å². The van der Waals surface area contributed by atoms with Gasteiger partial charge in [0.15, 0.2) is 11.5 Å². The van der Waals surface area contributed by atoms with Gasteiger partial charge in [-0.1, -0.05) is 18.9 Å². The number of oxazole rings is 1. The molecular formula is C15H18N2O2. The van der Waals surface area contributed by atoms with E-state index in [1.807, 2.05) is 25.1 Å². The molecule has 0 atom stereocenters. The second-order valence-corrected chi connectivity index (χ2v) is 5.26. The van der Waals surface area contributed by atoms with Crippen LogP contribution in [0.3, 0.4) is 0 Å². The molecular weight excluding hydrogens is 240 g/mol. The molecule has 19 heavy (non-hydrogen) atoms. The summed E-state index contributed by atoms with van der Waals surface area (Å²) in [7, 11) is 0. The van der Waals surface area contributed by atoms with Crippen molar-refractivity contribution in [1.82, 2.24) is 10.3 Å². The third kappa shape index (κ3) is 2.78. The fourth-order valence-electron chi connectivity index (χ4n) is 2.73. The predicted molar refractivity (Wildman–Crippen MR) is 72.8 cm³/mol. The Bertz CT molecular complexity index is 597. The smallest absolute Gasteiger partial charge is 0.224 e. The predicted octanol–water partition coefficient (Wildman–Crippen LogP) is 2.74. The monoisotopic (exact) mass is 258 g/mol. The van der Waals surface area contributed by atoms with Gasteiger partial charge in [-0.15, -0.1) is 0 Å². The van der Waals surface area contributed by atoms with Crippen LogP contribution in [0.4, 0.5) is 0 Å². The van der Waals surface area contributed by atoms with E-state index in [1.165, 1.54) is 12.8 Å². The lowest BCUT2D eigenvalue weighted by Gasteiger charge is -2.11. The van der Waals surface area contributed by atoms with Gasteiger partial charge in [0.05, 0.1) is 6.42 Å². The number of hydrogen-bond donors (Lipinski definition) is 1. The van der Waals surface area contributed by atoms with Gasteiger partial charge in [-0.3, -0.25) is 4.79 Å². The summed E-state index contributed by atoms with van der Waals surface area (Å²) in [6.07, 6.45) is 5.11. The Morgan fingerprint density at radius 2 is 2.21 bits per heavy atom. The summed E-state index contributed by atoms with van der Waals surface area (Å²) in [5.41, 5.74) is 2.58. The minimum atomic E-state index is 0.103. The van der Waals surface area contributed by atoms with Crippen LogP contribution in [0.1, 0.15) is 37.1 Å². The van der Waals surface area contributed by atoms with Crippen molar-refractivity contribution in [2.45, 2.75) is 45.1 Å². The van der Waals surface area contributed by atoms with E-state index in [1.54, 1.807) is 0 Å². The van der Waals surface area contributed by atoms with Crippen molar-refractivity contribution in [3.8, 4) is 0 Å². The van der Waals surface area contributed by atoms with Gasteiger partial charge >= 0.3 is 0 Å². The number of carbonyl (C=O) groups is 1. The largest absolute Gasteiger partial charge is 0.441 e. The zero-order valence-electron chi connectivity index (χ0n) is 11.1. The van der Waals surface area contributed by atoms with Crippen molar-refractivity contribution in [3.05, 3.63) is 29.7 Å². The van der Waals surface area contributed by atoms with E-state index in [4.69, 9.17) is 4.42 Å². The Kier molecular flexibility index (Phi) is 3.23. The number of nitrogens with zero attached hydrogens (tertiary/aromatic N) is 1. The quantitative estimate of drug-likeness (QED) is 0.921. The lowest BCUT2D eigenvalue weighted by Crippen LogP contribution is -2.33. The summed E-state index contributed by atoms with van der Waals surface area (Å²) >= 11 is 0. The van der Waals surface area contributed by atoms with Gasteiger partial charge in [0.25, 0.3) is 0 Å². The second-order valence-electron chi connectivity index (χ2n) is 5.26. The van der Waals surface area contributed by atoms with Gasteiger partial charge in [0, 0.05) is 13.0 Å². The molecule has 0 unspecified atom stereocenters. The number of hydrogen-bond acceptors (Lipinski definition) is 3. The van der Waals surface area contributed by atoms with Gasteiger partial charge in [0.2, 0.25) is 5.91 Å². The maximum atomic E-state index is 12.0. The third-order valence-corrected chi connectivity index (χ3v) is 3.64. The van der Waals surface area contributed by atoms with Gasteiger partial charge in [-0.05, 0) is 30.5 Å². The van der Waals surface area contributed by atoms with Crippen LogP contribution in [-0.2, 0) is 11.2 Å². The number of nitrogens with one attached hydrogen (secondary N) is 1. The average molecular weight is 258 g/mol. The zero-order valence-corrected chi connectivity index (χ0v) is 11.1. The van der Waals surface area contributed by atoms with Crippen molar-refractivity contribution in [2.24, 2.45) is 0 Å². The first-order valence-electron chi connectivity index (χ1n) is 6.86. The molecule has 1 aromatic heterocycles. The molecule has 1 fully saturated rings. The SMILES string of the molecule is Cc1nc2cc(CC(=O)NC3CCCC3)ccc2o1. The first-order chi connectivity index (χ1) is 9.20. The highest BCUT2D eigenvalue weighted by Gasteiger charge is 2.17. The van der Waals surface area contributed by atoms with E-state index in [-0.39, 0.29) is 5.91 Å². The Balaban J connectivity index is 1.68. The highest BCUT2D eigenvalue weighted by atomic mass is 16.3. The normalized spacial score (nSPS) is 16.1. The summed E-state index contributed by atoms with van der Waals surface area (Å²) in [4.78, 5) is 16.2. The average Bonchev–Trinajstić information content (AvgIpc) is 2.96. The minimum Gasteiger partial charge on any atom is -0.441 e. The molecule has 0 radical (unpaired) electrons. The first kappa shape index (κ1) is 12.2. The Hall–Kier alpha value is -1.84. The molecule has 0 bridgehead atoms. The topological polar surface area (TPSA) is 55.1 Å². The summed E-state index contributed by atoms with van der Waals surface area (Å²) in [5, 5.41) is 3.10. The van der Waals surface area contributed by atoms with E-state index < -0.39 is 0 Å². The maximum absolute atomic E-state index is 12.0. The molecule has 1 aliphatic carbocycles. The molecule has 4 heteroatoms. The molecule has 100 valence electrons. The fourth-order valence-corrected chi connectivity index (χ4v) is 2.73. The Morgan fingerprint density at radius 3 is 3.00 bits per heavy atom. The standard InChI is InChI=1S/C15H18N2O2/c1-10-16-13-8-11(6-7-14(13)19-10)9-15(18)17-12-4-2-3-5-12/h6-8,12H,2-5,9H2,1H3,(H,17,18). The molecule has 0 spiro atoms. The van der Waals surface area contributed by atoms with Gasteiger partial charge in [-0.2, -0.15) is 0 Å². The van der Waals surface area contributed by atoms with Gasteiger partial charge in [0.1, 0.15) is 5.52 Å². The van der Waals surface area contributed by atoms with Crippen LogP contribution in [0.15, 0.2) is 22.6 Å². The Labute approximate surface area is 112 Å². The number of benzene rings is 1. The lowest BCUT2D eigenvalue weighted by molar-refractivity contribution is -0.121. The van der Waals surface area contributed by atoms with Crippen LogP contribution in [0, 0.1) is 6.92 Å². The lowest BCUT2D eigenvalue weighted by atomic mass is 10.1. The molecule has 1 N–H and O–H groups in total. The van der Waals surface area contributed by atoms with Crippen molar-refractivity contribution >= 4 is 17.0 Å². The number of rotatable bonds is 3. The van der Waals surface area contributed by atoms with Crippen molar-refractivity contribution in [1.29, 1.82) is 0 Å². The van der Waals surface area contributed by atoms with Crippen LogP contribution in [-0.4, -0.2) is 16.9 Å². The summed E-state index contributed by atoms with van der Waals surface area (Å²) in [6, 6.07) is 6.12. The number of amides is 1. The van der Waals surface area contributed by atoms with E-state index in [9.17, 15) is 4.79 Å².